The van der Waals surface area contributed by atoms with Crippen molar-refractivity contribution < 1.29 is 0 Å². The van der Waals surface area contributed by atoms with Crippen LogP contribution in [0.3, 0.4) is 0 Å². The van der Waals surface area contributed by atoms with Crippen LogP contribution >= 0.6 is 24.8 Å². The molecular formula is C11H21Cl2N3. The second-order valence-corrected chi connectivity index (χ2v) is 3.92. The van der Waals surface area contributed by atoms with E-state index >= 15 is 0 Å². The molecule has 4 N–H and O–H groups in total. The fraction of sp³-hybridized carbons (Fsp3) is 0.545. The Balaban J connectivity index is 0. The van der Waals surface area contributed by atoms with E-state index in [-0.39, 0.29) is 30.9 Å². The molecule has 0 aliphatic carbocycles. The fourth-order valence-corrected chi connectivity index (χ4v) is 1.41. The van der Waals surface area contributed by atoms with E-state index in [1.807, 2.05) is 20.0 Å². The van der Waals surface area contributed by atoms with Gasteiger partial charge in [-0.2, -0.15) is 0 Å². The molecule has 0 aromatic carbocycles. The van der Waals surface area contributed by atoms with Gasteiger partial charge in [-0.15, -0.1) is 24.8 Å². The van der Waals surface area contributed by atoms with Crippen LogP contribution in [0.15, 0.2) is 12.3 Å². The van der Waals surface area contributed by atoms with Gasteiger partial charge in [0.2, 0.25) is 0 Å². The minimum Gasteiger partial charge on any atom is -0.383 e. The fourth-order valence-electron chi connectivity index (χ4n) is 1.41. The highest BCUT2D eigenvalue weighted by Crippen LogP contribution is 2.11. The molecule has 0 saturated carbocycles. The molecule has 3 nitrogen and oxygen atoms in total. The average Bonchev–Trinajstić information content (AvgIpc) is 2.10. The molecule has 0 spiro atoms. The third-order valence-corrected chi connectivity index (χ3v) is 2.30. The van der Waals surface area contributed by atoms with Crippen LogP contribution in [0.25, 0.3) is 0 Å². The van der Waals surface area contributed by atoms with Crippen molar-refractivity contribution >= 4 is 30.6 Å². The number of pyridine rings is 1. The smallest absolute Gasteiger partial charge is 0.126 e. The first-order chi connectivity index (χ1) is 6.59. The van der Waals surface area contributed by atoms with Crippen molar-refractivity contribution in [3.05, 3.63) is 23.4 Å². The molecule has 0 aliphatic heterocycles. The largest absolute Gasteiger partial charge is 0.383 e. The van der Waals surface area contributed by atoms with E-state index in [1.54, 1.807) is 0 Å². The van der Waals surface area contributed by atoms with Crippen LogP contribution in [0.2, 0.25) is 0 Å². The van der Waals surface area contributed by atoms with Crippen LogP contribution in [0, 0.1) is 6.92 Å². The van der Waals surface area contributed by atoms with Crippen LogP contribution in [0.1, 0.15) is 30.9 Å². The van der Waals surface area contributed by atoms with Gasteiger partial charge in [-0.05, 0) is 44.2 Å². The van der Waals surface area contributed by atoms with Gasteiger partial charge in [-0.25, -0.2) is 4.98 Å². The van der Waals surface area contributed by atoms with Gasteiger partial charge < -0.3 is 11.5 Å². The van der Waals surface area contributed by atoms with Crippen molar-refractivity contribution in [3.8, 4) is 0 Å². The molecule has 1 aromatic rings. The van der Waals surface area contributed by atoms with E-state index in [0.717, 1.165) is 24.8 Å². The highest BCUT2D eigenvalue weighted by Gasteiger charge is 1.99. The predicted molar refractivity (Wildman–Crippen MR) is 74.5 cm³/mol. The van der Waals surface area contributed by atoms with E-state index < -0.39 is 0 Å². The van der Waals surface area contributed by atoms with Gasteiger partial charge in [-0.3, -0.25) is 0 Å². The number of anilines is 1. The van der Waals surface area contributed by atoms with Crippen LogP contribution in [0.5, 0.6) is 0 Å². The lowest BCUT2D eigenvalue weighted by atomic mass is 10.1. The SMILES string of the molecule is Cc1cc(CCC[C@H](C)N)cnc1N.Cl.Cl. The van der Waals surface area contributed by atoms with Gasteiger partial charge in [0.25, 0.3) is 0 Å². The number of hydrogen-bond donors (Lipinski definition) is 2. The average molecular weight is 266 g/mol. The lowest BCUT2D eigenvalue weighted by molar-refractivity contribution is 0.623. The van der Waals surface area contributed by atoms with E-state index in [1.165, 1.54) is 5.56 Å². The van der Waals surface area contributed by atoms with Crippen molar-refractivity contribution in [1.29, 1.82) is 0 Å². The lowest BCUT2D eigenvalue weighted by Gasteiger charge is -2.06. The Morgan fingerprint density at radius 3 is 2.50 bits per heavy atom. The first kappa shape index (κ1) is 17.9. The Labute approximate surface area is 110 Å². The Morgan fingerprint density at radius 2 is 2.00 bits per heavy atom. The van der Waals surface area contributed by atoms with Crippen molar-refractivity contribution in [2.24, 2.45) is 5.73 Å². The molecule has 1 aromatic heterocycles. The summed E-state index contributed by atoms with van der Waals surface area (Å²) in [6.45, 7) is 4.02. The lowest BCUT2D eigenvalue weighted by Crippen LogP contribution is -2.14. The quantitative estimate of drug-likeness (QED) is 0.879. The molecule has 5 heteroatoms. The first-order valence-electron chi connectivity index (χ1n) is 5.06. The Kier molecular flexibility index (Phi) is 9.63. The molecule has 16 heavy (non-hydrogen) atoms. The summed E-state index contributed by atoms with van der Waals surface area (Å²) < 4.78 is 0. The van der Waals surface area contributed by atoms with Gasteiger partial charge in [0.05, 0.1) is 0 Å². The number of halogens is 2. The van der Waals surface area contributed by atoms with E-state index in [0.29, 0.717) is 5.82 Å². The number of nitrogens with two attached hydrogens (primary N) is 2. The van der Waals surface area contributed by atoms with Crippen molar-refractivity contribution in [3.63, 3.8) is 0 Å². The van der Waals surface area contributed by atoms with Crippen LogP contribution in [0.4, 0.5) is 5.82 Å². The summed E-state index contributed by atoms with van der Waals surface area (Å²) in [5.41, 5.74) is 13.6. The highest BCUT2D eigenvalue weighted by atomic mass is 35.5. The first-order valence-corrected chi connectivity index (χ1v) is 5.06. The third-order valence-electron chi connectivity index (χ3n) is 2.30. The summed E-state index contributed by atoms with van der Waals surface area (Å²) in [5, 5.41) is 0. The Bertz CT molecular complexity index is 303. The second-order valence-electron chi connectivity index (χ2n) is 3.92. The zero-order valence-electron chi connectivity index (χ0n) is 9.77. The highest BCUT2D eigenvalue weighted by molar-refractivity contribution is 5.85. The molecule has 0 aliphatic rings. The van der Waals surface area contributed by atoms with Gasteiger partial charge in [0, 0.05) is 12.2 Å². The van der Waals surface area contributed by atoms with Crippen LogP contribution in [-0.2, 0) is 6.42 Å². The summed E-state index contributed by atoms with van der Waals surface area (Å²) in [7, 11) is 0. The molecule has 94 valence electrons. The molecule has 0 saturated heterocycles. The number of aromatic nitrogens is 1. The molecular weight excluding hydrogens is 245 g/mol. The number of aryl methyl sites for hydroxylation is 2. The number of nitrogens with zero attached hydrogens (tertiary/aromatic N) is 1. The van der Waals surface area contributed by atoms with E-state index in [4.69, 9.17) is 11.5 Å². The summed E-state index contributed by atoms with van der Waals surface area (Å²) >= 11 is 0. The number of nitrogen functional groups attached to an aromatic ring is 1. The van der Waals surface area contributed by atoms with Gasteiger partial charge >= 0.3 is 0 Å². The summed E-state index contributed by atoms with van der Waals surface area (Å²) in [6.07, 6.45) is 5.06. The summed E-state index contributed by atoms with van der Waals surface area (Å²) in [5.74, 6) is 0.626. The zero-order chi connectivity index (χ0) is 10.6. The summed E-state index contributed by atoms with van der Waals surface area (Å²) in [4.78, 5) is 4.12. The monoisotopic (exact) mass is 265 g/mol. The Hall–Kier alpha value is -0.510. The molecule has 0 bridgehead atoms. The molecule has 1 heterocycles. The van der Waals surface area contributed by atoms with Gasteiger partial charge in [-0.1, -0.05) is 6.07 Å². The third kappa shape index (κ3) is 6.16. The van der Waals surface area contributed by atoms with Crippen molar-refractivity contribution in [2.45, 2.75) is 39.2 Å². The minimum absolute atomic E-state index is 0. The normalized spacial score (nSPS) is 11.2. The molecule has 0 amide bonds. The molecule has 0 fully saturated rings. The number of rotatable bonds is 4. The second kappa shape index (κ2) is 8.62. The molecule has 1 rings (SSSR count). The van der Waals surface area contributed by atoms with E-state index in [9.17, 15) is 0 Å². The molecule has 0 unspecified atom stereocenters. The molecule has 0 radical (unpaired) electrons. The maximum absolute atomic E-state index is 5.67. The van der Waals surface area contributed by atoms with Gasteiger partial charge in [0.1, 0.15) is 5.82 Å². The predicted octanol–water partition coefficient (Wildman–Crippen LogP) is 2.49. The van der Waals surface area contributed by atoms with Crippen molar-refractivity contribution in [1.82, 2.24) is 4.98 Å². The van der Waals surface area contributed by atoms with Gasteiger partial charge in [0.15, 0.2) is 0 Å². The Morgan fingerprint density at radius 1 is 1.38 bits per heavy atom. The van der Waals surface area contributed by atoms with Crippen LogP contribution in [-0.4, -0.2) is 11.0 Å². The topological polar surface area (TPSA) is 64.9 Å². The molecule has 1 atom stereocenters. The maximum atomic E-state index is 5.67. The maximum Gasteiger partial charge on any atom is 0.126 e. The van der Waals surface area contributed by atoms with Crippen LogP contribution < -0.4 is 11.5 Å². The van der Waals surface area contributed by atoms with Crippen molar-refractivity contribution in [2.75, 3.05) is 5.73 Å². The minimum atomic E-state index is 0. The summed E-state index contributed by atoms with van der Waals surface area (Å²) in [6, 6.07) is 2.39. The standard InChI is InChI=1S/C11H19N3.2ClH/c1-8-6-10(7-14-11(8)13)5-3-4-9(2)12;;/h6-7,9H,3-5,12H2,1-2H3,(H2,13,14);2*1H/t9-;;/m0../s1. The zero-order valence-corrected chi connectivity index (χ0v) is 11.4. The van der Waals surface area contributed by atoms with E-state index in [2.05, 4.69) is 11.1 Å². The number of hydrogen-bond acceptors (Lipinski definition) is 3.